The van der Waals surface area contributed by atoms with Crippen LogP contribution in [0.4, 0.5) is 0 Å². The fourth-order valence-electron chi connectivity index (χ4n) is 3.15. The Morgan fingerprint density at radius 1 is 1.00 bits per heavy atom. The molecule has 0 saturated heterocycles. The SMILES string of the molecule is Cc1ccc(C(=O)NC(C)c2nc3ccccc3n2CC(=O)NC(C)C)cc1. The van der Waals surface area contributed by atoms with E-state index in [1.807, 2.05) is 68.7 Å². The van der Waals surface area contributed by atoms with Gasteiger partial charge in [-0.2, -0.15) is 0 Å². The summed E-state index contributed by atoms with van der Waals surface area (Å²) in [5.74, 6) is 0.398. The molecule has 6 nitrogen and oxygen atoms in total. The minimum atomic E-state index is -0.354. The lowest BCUT2D eigenvalue weighted by Crippen LogP contribution is -2.34. The van der Waals surface area contributed by atoms with E-state index in [9.17, 15) is 9.59 Å². The highest BCUT2D eigenvalue weighted by atomic mass is 16.2. The first kappa shape index (κ1) is 19.6. The molecular weight excluding hydrogens is 352 g/mol. The molecule has 2 amide bonds. The Morgan fingerprint density at radius 3 is 2.36 bits per heavy atom. The molecule has 1 aromatic heterocycles. The largest absolute Gasteiger partial charge is 0.352 e. The average molecular weight is 378 g/mol. The van der Waals surface area contributed by atoms with E-state index in [4.69, 9.17) is 0 Å². The zero-order valence-electron chi connectivity index (χ0n) is 16.7. The Morgan fingerprint density at radius 2 is 1.68 bits per heavy atom. The maximum absolute atomic E-state index is 12.6. The molecule has 0 aliphatic heterocycles. The molecule has 3 aromatic rings. The number of carbonyl (C=O) groups excluding carboxylic acids is 2. The summed E-state index contributed by atoms with van der Waals surface area (Å²) in [6, 6.07) is 14.8. The number of amides is 2. The van der Waals surface area contributed by atoms with Crippen molar-refractivity contribution in [3.05, 3.63) is 65.5 Å². The zero-order valence-corrected chi connectivity index (χ0v) is 16.7. The zero-order chi connectivity index (χ0) is 20.3. The van der Waals surface area contributed by atoms with Gasteiger partial charge in [0.25, 0.3) is 5.91 Å². The van der Waals surface area contributed by atoms with Gasteiger partial charge in [-0.05, 0) is 52.0 Å². The van der Waals surface area contributed by atoms with Crippen LogP contribution in [0.1, 0.15) is 48.6 Å². The molecule has 6 heteroatoms. The molecular formula is C22H26N4O2. The minimum absolute atomic E-state index is 0.0596. The van der Waals surface area contributed by atoms with Crippen LogP contribution in [0.25, 0.3) is 11.0 Å². The van der Waals surface area contributed by atoms with Gasteiger partial charge in [0.05, 0.1) is 17.1 Å². The lowest BCUT2D eigenvalue weighted by molar-refractivity contribution is -0.122. The van der Waals surface area contributed by atoms with E-state index in [2.05, 4.69) is 15.6 Å². The van der Waals surface area contributed by atoms with Crippen LogP contribution in [0.2, 0.25) is 0 Å². The minimum Gasteiger partial charge on any atom is -0.352 e. The van der Waals surface area contributed by atoms with Crippen LogP contribution in [-0.4, -0.2) is 27.4 Å². The molecule has 28 heavy (non-hydrogen) atoms. The summed E-state index contributed by atoms with van der Waals surface area (Å²) in [5.41, 5.74) is 3.36. The molecule has 0 fully saturated rings. The molecule has 0 aliphatic carbocycles. The molecule has 1 heterocycles. The number of para-hydroxylation sites is 2. The Hall–Kier alpha value is -3.15. The Balaban J connectivity index is 1.88. The van der Waals surface area contributed by atoms with E-state index in [0.717, 1.165) is 16.6 Å². The van der Waals surface area contributed by atoms with Gasteiger partial charge in [0.1, 0.15) is 12.4 Å². The van der Waals surface area contributed by atoms with Crippen LogP contribution in [-0.2, 0) is 11.3 Å². The highest BCUT2D eigenvalue weighted by Gasteiger charge is 2.20. The molecule has 1 atom stereocenters. The van der Waals surface area contributed by atoms with Crippen molar-refractivity contribution in [2.75, 3.05) is 0 Å². The number of aryl methyl sites for hydroxylation is 1. The third-order valence-electron chi connectivity index (χ3n) is 4.48. The molecule has 146 valence electrons. The molecule has 1 unspecified atom stereocenters. The number of rotatable bonds is 6. The van der Waals surface area contributed by atoms with E-state index in [1.54, 1.807) is 12.1 Å². The van der Waals surface area contributed by atoms with Crippen molar-refractivity contribution in [1.82, 2.24) is 20.2 Å². The van der Waals surface area contributed by atoms with E-state index >= 15 is 0 Å². The summed E-state index contributed by atoms with van der Waals surface area (Å²) in [4.78, 5) is 29.6. The number of aromatic nitrogens is 2. The molecule has 0 spiro atoms. The second kappa shape index (κ2) is 8.25. The fourth-order valence-corrected chi connectivity index (χ4v) is 3.15. The van der Waals surface area contributed by atoms with Crippen molar-refractivity contribution < 1.29 is 9.59 Å². The number of imidazole rings is 1. The predicted molar refractivity (Wildman–Crippen MR) is 110 cm³/mol. The first-order valence-corrected chi connectivity index (χ1v) is 9.47. The standard InChI is InChI=1S/C22H26N4O2/c1-14(2)23-20(27)13-26-19-8-6-5-7-18(19)25-21(26)16(4)24-22(28)17-11-9-15(3)10-12-17/h5-12,14,16H,13H2,1-4H3,(H,23,27)(H,24,28). The average Bonchev–Trinajstić information content (AvgIpc) is 3.00. The van der Waals surface area contributed by atoms with Crippen molar-refractivity contribution in [2.45, 2.75) is 46.3 Å². The summed E-state index contributed by atoms with van der Waals surface area (Å²) >= 11 is 0. The smallest absolute Gasteiger partial charge is 0.251 e. The molecule has 3 rings (SSSR count). The van der Waals surface area contributed by atoms with Gasteiger partial charge in [-0.25, -0.2) is 4.98 Å². The van der Waals surface area contributed by atoms with Crippen molar-refractivity contribution in [3.8, 4) is 0 Å². The van der Waals surface area contributed by atoms with Gasteiger partial charge in [-0.3, -0.25) is 9.59 Å². The Kier molecular flexibility index (Phi) is 5.78. The number of benzene rings is 2. The summed E-state index contributed by atoms with van der Waals surface area (Å²) in [7, 11) is 0. The number of carbonyl (C=O) groups is 2. The molecule has 2 aromatic carbocycles. The second-order valence-corrected chi connectivity index (χ2v) is 7.33. The van der Waals surface area contributed by atoms with Crippen LogP contribution >= 0.6 is 0 Å². The number of hydrogen-bond donors (Lipinski definition) is 2. The first-order valence-electron chi connectivity index (χ1n) is 9.47. The lowest BCUT2D eigenvalue weighted by Gasteiger charge is -2.17. The van der Waals surface area contributed by atoms with E-state index in [-0.39, 0.29) is 30.4 Å². The van der Waals surface area contributed by atoms with Crippen molar-refractivity contribution in [3.63, 3.8) is 0 Å². The summed E-state index contributed by atoms with van der Waals surface area (Å²) in [6.45, 7) is 7.86. The van der Waals surface area contributed by atoms with Gasteiger partial charge in [0.15, 0.2) is 0 Å². The Labute approximate surface area is 165 Å². The number of nitrogens with zero attached hydrogens (tertiary/aromatic N) is 2. The van der Waals surface area contributed by atoms with Gasteiger partial charge in [0, 0.05) is 11.6 Å². The van der Waals surface area contributed by atoms with Crippen molar-refractivity contribution in [2.24, 2.45) is 0 Å². The van der Waals surface area contributed by atoms with E-state index in [1.165, 1.54) is 0 Å². The number of hydrogen-bond acceptors (Lipinski definition) is 3. The fraction of sp³-hybridized carbons (Fsp3) is 0.318. The maximum atomic E-state index is 12.6. The Bertz CT molecular complexity index is 989. The lowest BCUT2D eigenvalue weighted by atomic mass is 10.1. The van der Waals surface area contributed by atoms with E-state index in [0.29, 0.717) is 11.4 Å². The molecule has 0 radical (unpaired) electrons. The monoisotopic (exact) mass is 378 g/mol. The predicted octanol–water partition coefficient (Wildman–Crippen LogP) is 3.36. The van der Waals surface area contributed by atoms with Crippen LogP contribution in [0, 0.1) is 6.92 Å². The maximum Gasteiger partial charge on any atom is 0.251 e. The highest BCUT2D eigenvalue weighted by molar-refractivity contribution is 5.94. The number of nitrogens with one attached hydrogen (secondary N) is 2. The normalized spacial score (nSPS) is 12.2. The van der Waals surface area contributed by atoms with Crippen LogP contribution < -0.4 is 10.6 Å². The summed E-state index contributed by atoms with van der Waals surface area (Å²) < 4.78 is 1.87. The van der Waals surface area contributed by atoms with Crippen molar-refractivity contribution in [1.29, 1.82) is 0 Å². The second-order valence-electron chi connectivity index (χ2n) is 7.33. The first-order chi connectivity index (χ1) is 13.3. The van der Waals surface area contributed by atoms with Gasteiger partial charge in [-0.15, -0.1) is 0 Å². The number of fused-ring (bicyclic) bond motifs is 1. The van der Waals surface area contributed by atoms with Crippen molar-refractivity contribution >= 4 is 22.8 Å². The third-order valence-corrected chi connectivity index (χ3v) is 4.48. The van der Waals surface area contributed by atoms with Crippen LogP contribution in [0.3, 0.4) is 0 Å². The van der Waals surface area contributed by atoms with Crippen LogP contribution in [0.5, 0.6) is 0 Å². The van der Waals surface area contributed by atoms with E-state index < -0.39 is 0 Å². The third kappa shape index (κ3) is 4.39. The molecule has 2 N–H and O–H groups in total. The summed E-state index contributed by atoms with van der Waals surface area (Å²) in [5, 5.41) is 5.90. The topological polar surface area (TPSA) is 76.0 Å². The van der Waals surface area contributed by atoms with Gasteiger partial charge >= 0.3 is 0 Å². The molecule has 0 bridgehead atoms. The van der Waals surface area contributed by atoms with Gasteiger partial charge < -0.3 is 15.2 Å². The summed E-state index contributed by atoms with van der Waals surface area (Å²) in [6.07, 6.45) is 0. The van der Waals surface area contributed by atoms with Crippen LogP contribution in [0.15, 0.2) is 48.5 Å². The molecule has 0 aliphatic rings. The van der Waals surface area contributed by atoms with Gasteiger partial charge in [0.2, 0.25) is 5.91 Å². The molecule has 0 saturated carbocycles. The quantitative estimate of drug-likeness (QED) is 0.691. The van der Waals surface area contributed by atoms with Gasteiger partial charge in [-0.1, -0.05) is 29.8 Å². The highest BCUT2D eigenvalue weighted by Crippen LogP contribution is 2.21.